The molecule has 98 valence electrons. The monoisotopic (exact) mass is 249 g/mol. The molecule has 1 heterocycles. The Kier molecular flexibility index (Phi) is 4.02. The Morgan fingerprint density at radius 2 is 2.11 bits per heavy atom. The molecule has 0 aliphatic rings. The predicted octanol–water partition coefficient (Wildman–Crippen LogP) is 4.27. The van der Waals surface area contributed by atoms with Gasteiger partial charge in [-0.3, -0.25) is 0 Å². The summed E-state index contributed by atoms with van der Waals surface area (Å²) in [6, 6.07) is 6.75. The molecule has 0 fully saturated rings. The van der Waals surface area contributed by atoms with Crippen molar-refractivity contribution in [2.24, 2.45) is 5.92 Å². The first-order valence-electron chi connectivity index (χ1n) is 6.50. The summed E-state index contributed by atoms with van der Waals surface area (Å²) in [5, 5.41) is 4.10. The van der Waals surface area contributed by atoms with Crippen LogP contribution >= 0.6 is 0 Å². The molecule has 2 atom stereocenters. The first-order chi connectivity index (χ1) is 8.63. The second-order valence-electron chi connectivity index (χ2n) is 4.92. The standard InChI is InChI=1S/C15H20FNO/c1-4-10(2)7-13(17-3)15-9-11-8-12(16)5-6-14(11)18-15/h5-6,8-10,13,17H,4,7H2,1-3H3. The zero-order chi connectivity index (χ0) is 13.1. The molecule has 1 aromatic carbocycles. The SMILES string of the molecule is CCC(C)CC(NC)c1cc2cc(F)ccc2o1. The fourth-order valence-corrected chi connectivity index (χ4v) is 2.15. The molecule has 0 radical (unpaired) electrons. The Morgan fingerprint density at radius 1 is 1.33 bits per heavy atom. The van der Waals surface area contributed by atoms with Crippen molar-refractivity contribution in [2.45, 2.75) is 32.7 Å². The summed E-state index contributed by atoms with van der Waals surface area (Å²) in [6.07, 6.45) is 2.17. The fourth-order valence-electron chi connectivity index (χ4n) is 2.15. The van der Waals surface area contributed by atoms with Gasteiger partial charge in [-0.2, -0.15) is 0 Å². The van der Waals surface area contributed by atoms with Gasteiger partial charge in [0.2, 0.25) is 0 Å². The topological polar surface area (TPSA) is 25.2 Å². The molecule has 0 aliphatic carbocycles. The van der Waals surface area contributed by atoms with E-state index in [-0.39, 0.29) is 11.9 Å². The molecule has 2 nitrogen and oxygen atoms in total. The van der Waals surface area contributed by atoms with Gasteiger partial charge >= 0.3 is 0 Å². The average Bonchev–Trinajstić information content (AvgIpc) is 2.78. The smallest absolute Gasteiger partial charge is 0.134 e. The highest BCUT2D eigenvalue weighted by Gasteiger charge is 2.17. The number of benzene rings is 1. The highest BCUT2D eigenvalue weighted by molar-refractivity contribution is 5.78. The zero-order valence-corrected chi connectivity index (χ0v) is 11.2. The first kappa shape index (κ1) is 13.1. The van der Waals surface area contributed by atoms with Gasteiger partial charge in [0.25, 0.3) is 0 Å². The number of hydrogen-bond donors (Lipinski definition) is 1. The minimum atomic E-state index is -0.224. The predicted molar refractivity (Wildman–Crippen MR) is 72.0 cm³/mol. The van der Waals surface area contributed by atoms with Gasteiger partial charge in [0.15, 0.2) is 0 Å². The molecule has 2 rings (SSSR count). The Labute approximate surface area is 107 Å². The Hall–Kier alpha value is -1.35. The lowest BCUT2D eigenvalue weighted by molar-refractivity contribution is 0.371. The van der Waals surface area contributed by atoms with E-state index in [4.69, 9.17) is 4.42 Å². The zero-order valence-electron chi connectivity index (χ0n) is 11.2. The van der Waals surface area contributed by atoms with Crippen molar-refractivity contribution in [3.63, 3.8) is 0 Å². The Bertz CT molecular complexity index is 520. The summed E-state index contributed by atoms with van der Waals surface area (Å²) >= 11 is 0. The highest BCUT2D eigenvalue weighted by Crippen LogP contribution is 2.28. The van der Waals surface area contributed by atoms with E-state index >= 15 is 0 Å². The van der Waals surface area contributed by atoms with E-state index in [2.05, 4.69) is 19.2 Å². The summed E-state index contributed by atoms with van der Waals surface area (Å²) in [6.45, 7) is 4.41. The van der Waals surface area contributed by atoms with E-state index in [0.717, 1.165) is 29.6 Å². The van der Waals surface area contributed by atoms with E-state index in [1.54, 1.807) is 6.07 Å². The molecule has 18 heavy (non-hydrogen) atoms. The van der Waals surface area contributed by atoms with Crippen LogP contribution in [-0.2, 0) is 0 Å². The third-order valence-corrected chi connectivity index (χ3v) is 3.52. The second kappa shape index (κ2) is 5.53. The summed E-state index contributed by atoms with van der Waals surface area (Å²) in [4.78, 5) is 0. The van der Waals surface area contributed by atoms with E-state index < -0.39 is 0 Å². The first-order valence-corrected chi connectivity index (χ1v) is 6.50. The third-order valence-electron chi connectivity index (χ3n) is 3.52. The average molecular weight is 249 g/mol. The molecule has 1 aromatic heterocycles. The molecule has 0 bridgehead atoms. The lowest BCUT2D eigenvalue weighted by atomic mass is 9.98. The van der Waals surface area contributed by atoms with Crippen LogP contribution in [0.4, 0.5) is 4.39 Å². The van der Waals surface area contributed by atoms with E-state index in [1.807, 2.05) is 13.1 Å². The molecule has 0 aliphatic heterocycles. The van der Waals surface area contributed by atoms with Crippen molar-refractivity contribution in [2.75, 3.05) is 7.05 Å². The molecule has 0 saturated heterocycles. The summed E-state index contributed by atoms with van der Waals surface area (Å²) in [5.74, 6) is 1.29. The molecule has 1 N–H and O–H groups in total. The van der Waals surface area contributed by atoms with Gasteiger partial charge in [0.05, 0.1) is 6.04 Å². The number of halogens is 1. The Balaban J connectivity index is 2.28. The molecule has 2 aromatic rings. The fraction of sp³-hybridized carbons (Fsp3) is 0.467. The quantitative estimate of drug-likeness (QED) is 0.856. The van der Waals surface area contributed by atoms with Gasteiger partial charge < -0.3 is 9.73 Å². The lowest BCUT2D eigenvalue weighted by Crippen LogP contribution is -2.18. The molecular weight excluding hydrogens is 229 g/mol. The molecule has 0 amide bonds. The van der Waals surface area contributed by atoms with Gasteiger partial charge in [0, 0.05) is 5.39 Å². The maximum absolute atomic E-state index is 13.1. The van der Waals surface area contributed by atoms with Gasteiger partial charge in [-0.15, -0.1) is 0 Å². The van der Waals surface area contributed by atoms with Gasteiger partial charge in [0.1, 0.15) is 17.2 Å². The van der Waals surface area contributed by atoms with Crippen LogP contribution in [0.15, 0.2) is 28.7 Å². The number of hydrogen-bond acceptors (Lipinski definition) is 2. The van der Waals surface area contributed by atoms with Crippen molar-refractivity contribution in [3.8, 4) is 0 Å². The van der Waals surface area contributed by atoms with Crippen LogP contribution in [-0.4, -0.2) is 7.05 Å². The van der Waals surface area contributed by atoms with E-state index in [1.165, 1.54) is 12.1 Å². The minimum absolute atomic E-state index is 0.190. The van der Waals surface area contributed by atoms with Crippen molar-refractivity contribution in [1.82, 2.24) is 5.32 Å². The molecule has 0 spiro atoms. The summed E-state index contributed by atoms with van der Waals surface area (Å²) in [7, 11) is 1.93. The number of nitrogens with one attached hydrogen (secondary N) is 1. The molecule has 0 saturated carbocycles. The van der Waals surface area contributed by atoms with Crippen molar-refractivity contribution < 1.29 is 8.81 Å². The van der Waals surface area contributed by atoms with Gasteiger partial charge in [-0.25, -0.2) is 4.39 Å². The molecule has 2 unspecified atom stereocenters. The normalized spacial score (nSPS) is 14.9. The number of fused-ring (bicyclic) bond motifs is 1. The van der Waals surface area contributed by atoms with Crippen molar-refractivity contribution in [1.29, 1.82) is 0 Å². The largest absolute Gasteiger partial charge is 0.459 e. The van der Waals surface area contributed by atoms with Crippen LogP contribution in [0.3, 0.4) is 0 Å². The third kappa shape index (κ3) is 2.72. The van der Waals surface area contributed by atoms with Gasteiger partial charge in [-0.1, -0.05) is 20.3 Å². The van der Waals surface area contributed by atoms with Crippen LogP contribution in [0.2, 0.25) is 0 Å². The highest BCUT2D eigenvalue weighted by atomic mass is 19.1. The van der Waals surface area contributed by atoms with Gasteiger partial charge in [-0.05, 0) is 43.7 Å². The van der Waals surface area contributed by atoms with Crippen LogP contribution < -0.4 is 5.32 Å². The maximum Gasteiger partial charge on any atom is 0.134 e. The number of rotatable bonds is 5. The van der Waals surface area contributed by atoms with Crippen LogP contribution in [0.25, 0.3) is 11.0 Å². The van der Waals surface area contributed by atoms with Crippen molar-refractivity contribution in [3.05, 3.63) is 35.8 Å². The maximum atomic E-state index is 13.1. The summed E-state index contributed by atoms with van der Waals surface area (Å²) in [5.41, 5.74) is 0.746. The molecule has 3 heteroatoms. The second-order valence-corrected chi connectivity index (χ2v) is 4.92. The lowest BCUT2D eigenvalue weighted by Gasteiger charge is -2.17. The Morgan fingerprint density at radius 3 is 2.78 bits per heavy atom. The van der Waals surface area contributed by atoms with E-state index in [0.29, 0.717) is 5.92 Å². The van der Waals surface area contributed by atoms with Crippen LogP contribution in [0, 0.1) is 11.7 Å². The molecular formula is C15H20FNO. The summed E-state index contributed by atoms with van der Waals surface area (Å²) < 4.78 is 18.9. The van der Waals surface area contributed by atoms with Crippen LogP contribution in [0.1, 0.15) is 38.5 Å². The van der Waals surface area contributed by atoms with Crippen molar-refractivity contribution >= 4 is 11.0 Å². The van der Waals surface area contributed by atoms with Crippen LogP contribution in [0.5, 0.6) is 0 Å². The minimum Gasteiger partial charge on any atom is -0.459 e. The van der Waals surface area contributed by atoms with E-state index in [9.17, 15) is 4.39 Å². The number of furan rings is 1.